The molecule has 0 amide bonds. The highest BCUT2D eigenvalue weighted by Crippen LogP contribution is 2.26. The fraction of sp³-hybridized carbons (Fsp3) is 0.200. The zero-order chi connectivity index (χ0) is 7.56. The van der Waals surface area contributed by atoms with Gasteiger partial charge in [0.1, 0.15) is 9.55 Å². The van der Waals surface area contributed by atoms with E-state index in [1.807, 2.05) is 0 Å². The lowest BCUT2D eigenvalue weighted by molar-refractivity contribution is 1.11. The number of nitrogens with two attached hydrogens (primary N) is 1. The van der Waals surface area contributed by atoms with Crippen molar-refractivity contribution in [2.75, 3.05) is 5.73 Å². The highest BCUT2D eigenvalue weighted by molar-refractivity contribution is 9.24. The number of hydrogen-bond donors (Lipinski definition) is 1. The van der Waals surface area contributed by atoms with Gasteiger partial charge < -0.3 is 5.73 Å². The molecule has 0 saturated heterocycles. The maximum atomic E-state index is 5.38. The highest BCUT2D eigenvalue weighted by atomic mass is 79.9. The number of halogens is 2. The average Bonchev–Trinajstić information content (AvgIpc) is 1.88. The largest absolute Gasteiger partial charge is 0.382 e. The molecule has 0 aliphatic rings. The van der Waals surface area contributed by atoms with Gasteiger partial charge in [-0.3, -0.25) is 4.98 Å². The summed E-state index contributed by atoms with van der Waals surface area (Å²) in [5.74, 6) is 0.432. The average molecular weight is 267 g/mol. The molecule has 54 valence electrons. The Morgan fingerprint density at radius 3 is 2.50 bits per heavy atom. The molecular formula is C5H5Br2N3. The molecule has 1 aromatic rings. The first-order chi connectivity index (χ1) is 4.70. The van der Waals surface area contributed by atoms with Crippen molar-refractivity contribution >= 4 is 37.7 Å². The van der Waals surface area contributed by atoms with Crippen molar-refractivity contribution in [1.82, 2.24) is 9.97 Å². The van der Waals surface area contributed by atoms with Crippen LogP contribution in [-0.2, 0) is 0 Å². The quantitative estimate of drug-likeness (QED) is 0.790. The Morgan fingerprint density at radius 1 is 1.40 bits per heavy atom. The van der Waals surface area contributed by atoms with Crippen molar-refractivity contribution in [3.05, 3.63) is 18.1 Å². The second-order valence-corrected chi connectivity index (χ2v) is 4.73. The monoisotopic (exact) mass is 265 g/mol. The molecule has 0 radical (unpaired) electrons. The first-order valence-corrected chi connectivity index (χ1v) is 4.39. The summed E-state index contributed by atoms with van der Waals surface area (Å²) in [6, 6.07) is 0. The van der Waals surface area contributed by atoms with Gasteiger partial charge in [0.25, 0.3) is 0 Å². The normalized spacial score (nSPS) is 10.3. The van der Waals surface area contributed by atoms with Crippen LogP contribution in [0.5, 0.6) is 0 Å². The van der Waals surface area contributed by atoms with Crippen LogP contribution in [0.1, 0.15) is 9.43 Å². The lowest BCUT2D eigenvalue weighted by Gasteiger charge is -1.99. The predicted molar refractivity (Wildman–Crippen MR) is 47.0 cm³/mol. The fourth-order valence-electron chi connectivity index (χ4n) is 0.502. The second kappa shape index (κ2) is 3.30. The van der Waals surface area contributed by atoms with Gasteiger partial charge in [-0.15, -0.1) is 0 Å². The molecule has 0 atom stereocenters. The minimum atomic E-state index is 0.0241. The maximum absolute atomic E-state index is 5.38. The minimum Gasteiger partial charge on any atom is -0.382 e. The van der Waals surface area contributed by atoms with Gasteiger partial charge in [0.05, 0.1) is 18.1 Å². The number of alkyl halides is 2. The molecule has 1 rings (SSSR count). The smallest absolute Gasteiger partial charge is 0.142 e. The summed E-state index contributed by atoms with van der Waals surface area (Å²) in [6.45, 7) is 0. The Bertz CT molecular complexity index is 226. The van der Waals surface area contributed by atoms with Crippen molar-refractivity contribution in [3.63, 3.8) is 0 Å². The molecule has 0 aromatic carbocycles. The Hall–Kier alpha value is -0.160. The molecule has 0 bridgehead atoms. The van der Waals surface area contributed by atoms with E-state index in [1.54, 1.807) is 6.20 Å². The van der Waals surface area contributed by atoms with Crippen LogP contribution in [0.2, 0.25) is 0 Å². The third-order valence-electron chi connectivity index (χ3n) is 0.895. The Morgan fingerprint density at radius 2 is 2.10 bits per heavy atom. The molecule has 5 heteroatoms. The number of aromatic nitrogens is 2. The van der Waals surface area contributed by atoms with Gasteiger partial charge in [0.15, 0.2) is 0 Å². The van der Waals surface area contributed by atoms with Gasteiger partial charge in [0, 0.05) is 0 Å². The van der Waals surface area contributed by atoms with Gasteiger partial charge in [-0.2, -0.15) is 0 Å². The van der Waals surface area contributed by atoms with Crippen molar-refractivity contribution < 1.29 is 0 Å². The predicted octanol–water partition coefficient (Wildman–Crippen LogP) is 1.85. The standard InChI is InChI=1S/C5H5Br2N3/c6-5(7)3-1-9-2-4(8)10-3/h1-2,5H,(H2,8,10). The van der Waals surface area contributed by atoms with Gasteiger partial charge in [0.2, 0.25) is 0 Å². The summed E-state index contributed by atoms with van der Waals surface area (Å²) < 4.78 is 0.0241. The van der Waals surface area contributed by atoms with Crippen LogP contribution in [0.4, 0.5) is 5.82 Å². The molecule has 0 aliphatic heterocycles. The van der Waals surface area contributed by atoms with Gasteiger partial charge in [-0.1, -0.05) is 31.9 Å². The molecule has 0 unspecified atom stereocenters. The van der Waals surface area contributed by atoms with Gasteiger partial charge in [-0.05, 0) is 0 Å². The summed E-state index contributed by atoms with van der Waals surface area (Å²) >= 11 is 6.55. The third-order valence-corrected chi connectivity index (χ3v) is 1.83. The topological polar surface area (TPSA) is 51.8 Å². The first kappa shape index (κ1) is 7.94. The number of anilines is 1. The highest BCUT2D eigenvalue weighted by Gasteiger charge is 2.03. The molecule has 2 N–H and O–H groups in total. The molecule has 1 aromatic heterocycles. The SMILES string of the molecule is Nc1cncc(C(Br)Br)n1. The first-order valence-electron chi connectivity index (χ1n) is 2.55. The molecule has 0 spiro atoms. The second-order valence-electron chi connectivity index (χ2n) is 1.67. The van der Waals surface area contributed by atoms with Crippen molar-refractivity contribution in [3.8, 4) is 0 Å². The zero-order valence-corrected chi connectivity index (χ0v) is 8.13. The molecular weight excluding hydrogens is 262 g/mol. The summed E-state index contributed by atoms with van der Waals surface area (Å²) in [6.07, 6.45) is 3.15. The Kier molecular flexibility index (Phi) is 2.62. The Labute approximate surface area is 75.3 Å². The Balaban J connectivity index is 2.96. The summed E-state index contributed by atoms with van der Waals surface area (Å²) in [5.41, 5.74) is 6.16. The molecule has 0 fully saturated rings. The van der Waals surface area contributed by atoms with Gasteiger partial charge >= 0.3 is 0 Å². The van der Waals surface area contributed by atoms with E-state index in [0.717, 1.165) is 5.69 Å². The van der Waals surface area contributed by atoms with E-state index >= 15 is 0 Å². The van der Waals surface area contributed by atoms with Crippen molar-refractivity contribution in [1.29, 1.82) is 0 Å². The number of hydrogen-bond acceptors (Lipinski definition) is 3. The molecule has 3 nitrogen and oxygen atoms in total. The molecule has 10 heavy (non-hydrogen) atoms. The van der Waals surface area contributed by atoms with Crippen LogP contribution in [0.15, 0.2) is 12.4 Å². The van der Waals surface area contributed by atoms with Gasteiger partial charge in [-0.25, -0.2) is 4.98 Å². The van der Waals surface area contributed by atoms with Crippen LogP contribution in [-0.4, -0.2) is 9.97 Å². The van der Waals surface area contributed by atoms with E-state index in [0.29, 0.717) is 5.82 Å². The zero-order valence-electron chi connectivity index (χ0n) is 4.96. The number of nitrogen functional groups attached to an aromatic ring is 1. The third kappa shape index (κ3) is 1.91. The van der Waals surface area contributed by atoms with E-state index in [2.05, 4.69) is 41.8 Å². The molecule has 0 aliphatic carbocycles. The van der Waals surface area contributed by atoms with Crippen molar-refractivity contribution in [2.45, 2.75) is 3.74 Å². The van der Waals surface area contributed by atoms with Crippen LogP contribution in [0.3, 0.4) is 0 Å². The van der Waals surface area contributed by atoms with Crippen LogP contribution in [0, 0.1) is 0 Å². The van der Waals surface area contributed by atoms with E-state index < -0.39 is 0 Å². The van der Waals surface area contributed by atoms with E-state index in [-0.39, 0.29) is 3.74 Å². The van der Waals surface area contributed by atoms with E-state index in [9.17, 15) is 0 Å². The van der Waals surface area contributed by atoms with Crippen LogP contribution >= 0.6 is 31.9 Å². The number of nitrogens with zero attached hydrogens (tertiary/aromatic N) is 2. The summed E-state index contributed by atoms with van der Waals surface area (Å²) in [4.78, 5) is 7.85. The van der Waals surface area contributed by atoms with Crippen molar-refractivity contribution in [2.24, 2.45) is 0 Å². The summed E-state index contributed by atoms with van der Waals surface area (Å²) in [5, 5.41) is 0. The fourth-order valence-corrected chi connectivity index (χ4v) is 0.943. The lowest BCUT2D eigenvalue weighted by Crippen LogP contribution is -1.95. The minimum absolute atomic E-state index is 0.0241. The van der Waals surface area contributed by atoms with Crippen LogP contribution < -0.4 is 5.73 Å². The lowest BCUT2D eigenvalue weighted by atomic mass is 10.5. The van der Waals surface area contributed by atoms with Crippen LogP contribution in [0.25, 0.3) is 0 Å². The molecule has 0 saturated carbocycles. The summed E-state index contributed by atoms with van der Waals surface area (Å²) in [7, 11) is 0. The maximum Gasteiger partial charge on any atom is 0.142 e. The molecule has 1 heterocycles. The number of rotatable bonds is 1. The van der Waals surface area contributed by atoms with E-state index in [1.165, 1.54) is 6.20 Å². The van der Waals surface area contributed by atoms with E-state index in [4.69, 9.17) is 5.73 Å².